The summed E-state index contributed by atoms with van der Waals surface area (Å²) in [5, 5.41) is 10.5. The number of aromatic hydroxyl groups is 1. The molecule has 0 saturated heterocycles. The van der Waals surface area contributed by atoms with Gasteiger partial charge in [0.05, 0.1) is 0 Å². The van der Waals surface area contributed by atoms with E-state index in [-0.39, 0.29) is 0 Å². The zero-order valence-electron chi connectivity index (χ0n) is 15.5. The summed E-state index contributed by atoms with van der Waals surface area (Å²) in [4.78, 5) is 0. The van der Waals surface area contributed by atoms with Crippen LogP contribution in [-0.4, -0.2) is 5.11 Å². The molecule has 131 valence electrons. The highest BCUT2D eigenvalue weighted by Gasteiger charge is 2.07. The highest BCUT2D eigenvalue weighted by atomic mass is 16.3. The zero-order chi connectivity index (χ0) is 16.8. The zero-order valence-corrected chi connectivity index (χ0v) is 15.5. The van der Waals surface area contributed by atoms with Crippen LogP contribution in [-0.2, 0) is 12.8 Å². The second-order valence-electron chi connectivity index (χ2n) is 6.89. The van der Waals surface area contributed by atoms with Gasteiger partial charge in [-0.15, -0.1) is 0 Å². The Kier molecular flexibility index (Phi) is 11.7. The first kappa shape index (κ1) is 20.1. The minimum absolute atomic E-state index is 0.547. The Bertz CT molecular complexity index is 363. The van der Waals surface area contributed by atoms with Crippen molar-refractivity contribution in [2.24, 2.45) is 0 Å². The van der Waals surface area contributed by atoms with E-state index >= 15 is 0 Å². The maximum Gasteiger partial charge on any atom is 0.121 e. The van der Waals surface area contributed by atoms with E-state index in [4.69, 9.17) is 0 Å². The van der Waals surface area contributed by atoms with Crippen LogP contribution in [0.5, 0.6) is 5.75 Å². The smallest absolute Gasteiger partial charge is 0.121 e. The Morgan fingerprint density at radius 1 is 0.652 bits per heavy atom. The number of benzene rings is 1. The van der Waals surface area contributed by atoms with E-state index in [1.54, 1.807) is 0 Å². The monoisotopic (exact) mass is 317 g/mol. The number of phenols is 1. The van der Waals surface area contributed by atoms with E-state index in [0.717, 1.165) is 24.0 Å². The summed E-state index contributed by atoms with van der Waals surface area (Å²) in [6.07, 6.45) is 17.6. The van der Waals surface area contributed by atoms with Gasteiger partial charge in [-0.3, -0.25) is 0 Å². The molecule has 1 aromatic carbocycles. The number of rotatable bonds is 14. The number of hydrogen-bond donors (Lipinski definition) is 1. The molecule has 1 radical (unpaired) electrons. The molecule has 0 aliphatic carbocycles. The summed E-state index contributed by atoms with van der Waals surface area (Å²) in [5.74, 6) is 0.547. The van der Waals surface area contributed by atoms with Gasteiger partial charge in [0, 0.05) is 0 Å². The second kappa shape index (κ2) is 13.5. The van der Waals surface area contributed by atoms with Crippen molar-refractivity contribution in [2.75, 3.05) is 0 Å². The maximum atomic E-state index is 10.5. The summed E-state index contributed by atoms with van der Waals surface area (Å²) >= 11 is 0. The summed E-state index contributed by atoms with van der Waals surface area (Å²) < 4.78 is 0. The van der Waals surface area contributed by atoms with Crippen LogP contribution in [0.3, 0.4) is 0 Å². The highest BCUT2D eigenvalue weighted by molar-refractivity contribution is 5.40. The molecular formula is C22H37O. The van der Waals surface area contributed by atoms with Gasteiger partial charge < -0.3 is 5.11 Å². The molecule has 1 nitrogen and oxygen atoms in total. The Morgan fingerprint density at radius 3 is 1.48 bits per heavy atom. The molecule has 0 amide bonds. The molecule has 0 unspecified atom stereocenters. The van der Waals surface area contributed by atoms with Gasteiger partial charge in [-0.05, 0) is 55.0 Å². The third kappa shape index (κ3) is 9.03. The van der Waals surface area contributed by atoms with E-state index < -0.39 is 0 Å². The average Bonchev–Trinajstić information content (AvgIpc) is 2.56. The van der Waals surface area contributed by atoms with E-state index in [0.29, 0.717) is 5.75 Å². The predicted molar refractivity (Wildman–Crippen MR) is 101 cm³/mol. The molecule has 1 aromatic rings. The van der Waals surface area contributed by atoms with Crippen LogP contribution in [0.4, 0.5) is 0 Å². The van der Waals surface area contributed by atoms with Crippen molar-refractivity contribution in [1.82, 2.24) is 0 Å². The van der Waals surface area contributed by atoms with E-state index in [9.17, 15) is 5.11 Å². The van der Waals surface area contributed by atoms with E-state index in [1.807, 2.05) is 12.1 Å². The summed E-state index contributed by atoms with van der Waals surface area (Å²) in [7, 11) is 0. The molecule has 0 heterocycles. The van der Waals surface area contributed by atoms with Gasteiger partial charge in [0.15, 0.2) is 0 Å². The Balaban J connectivity index is 2.27. The molecule has 0 saturated carbocycles. The van der Waals surface area contributed by atoms with Crippen molar-refractivity contribution in [3.63, 3.8) is 0 Å². The molecule has 0 aliphatic rings. The fourth-order valence-electron chi connectivity index (χ4n) is 3.16. The fourth-order valence-corrected chi connectivity index (χ4v) is 3.16. The predicted octanol–water partition coefficient (Wildman–Crippen LogP) is 7.00. The number of hydrogen-bond acceptors (Lipinski definition) is 1. The second-order valence-corrected chi connectivity index (χ2v) is 6.89. The van der Waals surface area contributed by atoms with Gasteiger partial charge in [0.2, 0.25) is 0 Å². The van der Waals surface area contributed by atoms with Crippen molar-refractivity contribution in [3.05, 3.63) is 29.3 Å². The lowest BCUT2D eigenvalue weighted by atomic mass is 9.98. The molecule has 1 N–H and O–H groups in total. The average molecular weight is 318 g/mol. The van der Waals surface area contributed by atoms with Gasteiger partial charge in [-0.25, -0.2) is 0 Å². The van der Waals surface area contributed by atoms with Gasteiger partial charge >= 0.3 is 0 Å². The SMILES string of the molecule is CCCCCCCCc1c[c]cc(CCCCCCCC)c1O. The van der Waals surface area contributed by atoms with Gasteiger partial charge in [0.25, 0.3) is 0 Å². The maximum absolute atomic E-state index is 10.5. The Hall–Kier alpha value is -0.980. The lowest BCUT2D eigenvalue weighted by Gasteiger charge is -2.10. The summed E-state index contributed by atoms with van der Waals surface area (Å²) in [6, 6.07) is 7.19. The lowest BCUT2D eigenvalue weighted by molar-refractivity contribution is 0.457. The van der Waals surface area contributed by atoms with Crippen LogP contribution in [0, 0.1) is 6.07 Å². The van der Waals surface area contributed by atoms with Crippen LogP contribution in [0.15, 0.2) is 12.1 Å². The fraction of sp³-hybridized carbons (Fsp3) is 0.727. The molecule has 0 spiro atoms. The quantitative estimate of drug-likeness (QED) is 0.366. The van der Waals surface area contributed by atoms with Crippen molar-refractivity contribution in [3.8, 4) is 5.75 Å². The van der Waals surface area contributed by atoms with E-state index in [1.165, 1.54) is 77.0 Å². The summed E-state index contributed by atoms with van der Waals surface area (Å²) in [6.45, 7) is 4.51. The van der Waals surface area contributed by atoms with Crippen LogP contribution in [0.25, 0.3) is 0 Å². The number of phenolic OH excluding ortho intramolecular Hbond substituents is 1. The molecule has 1 heteroatoms. The topological polar surface area (TPSA) is 20.2 Å². The molecule has 23 heavy (non-hydrogen) atoms. The largest absolute Gasteiger partial charge is 0.507 e. The number of unbranched alkanes of at least 4 members (excludes halogenated alkanes) is 10. The Labute approximate surface area is 144 Å². The first-order valence-corrected chi connectivity index (χ1v) is 10.00. The minimum atomic E-state index is 0.547. The van der Waals surface area contributed by atoms with Gasteiger partial charge in [-0.1, -0.05) is 78.1 Å². The molecular weight excluding hydrogens is 280 g/mol. The van der Waals surface area contributed by atoms with Crippen LogP contribution in [0.1, 0.15) is 102 Å². The first-order valence-electron chi connectivity index (χ1n) is 10.00. The third-order valence-corrected chi connectivity index (χ3v) is 4.72. The molecule has 1 rings (SSSR count). The lowest BCUT2D eigenvalue weighted by Crippen LogP contribution is -1.93. The Morgan fingerprint density at radius 2 is 1.04 bits per heavy atom. The third-order valence-electron chi connectivity index (χ3n) is 4.72. The van der Waals surface area contributed by atoms with Crippen molar-refractivity contribution < 1.29 is 5.11 Å². The van der Waals surface area contributed by atoms with Crippen molar-refractivity contribution in [1.29, 1.82) is 0 Å². The first-order chi connectivity index (χ1) is 11.3. The highest BCUT2D eigenvalue weighted by Crippen LogP contribution is 2.26. The van der Waals surface area contributed by atoms with Gasteiger partial charge in [-0.2, -0.15) is 0 Å². The molecule has 0 aliphatic heterocycles. The number of aryl methyl sites for hydroxylation is 2. The minimum Gasteiger partial charge on any atom is -0.507 e. The summed E-state index contributed by atoms with van der Waals surface area (Å²) in [5.41, 5.74) is 2.20. The van der Waals surface area contributed by atoms with Crippen molar-refractivity contribution >= 4 is 0 Å². The standard InChI is InChI=1S/C22H37O/c1-3-5-7-9-11-13-16-20-18-15-19-21(22(20)23)17-14-12-10-8-6-4-2/h18-19,23H,3-14,16-17H2,1-2H3. The van der Waals surface area contributed by atoms with Crippen LogP contribution < -0.4 is 0 Å². The molecule has 0 bridgehead atoms. The van der Waals surface area contributed by atoms with E-state index in [2.05, 4.69) is 19.9 Å². The van der Waals surface area contributed by atoms with Crippen molar-refractivity contribution in [2.45, 2.75) is 104 Å². The van der Waals surface area contributed by atoms with Gasteiger partial charge in [0.1, 0.15) is 5.75 Å². The van der Waals surface area contributed by atoms with Crippen LogP contribution in [0.2, 0.25) is 0 Å². The molecule has 0 fully saturated rings. The molecule has 0 atom stereocenters. The normalized spacial score (nSPS) is 11.0. The van der Waals surface area contributed by atoms with Crippen LogP contribution >= 0.6 is 0 Å². The molecule has 0 aromatic heterocycles.